The summed E-state index contributed by atoms with van der Waals surface area (Å²) in [5.41, 5.74) is 0. The van der Waals surface area contributed by atoms with Crippen LogP contribution in [-0.4, -0.2) is 21.5 Å². The first-order valence-electron chi connectivity index (χ1n) is 8.71. The number of hydrogen-bond acceptors (Lipinski definition) is 1. The van der Waals surface area contributed by atoms with E-state index in [9.17, 15) is 0 Å². The van der Waals surface area contributed by atoms with E-state index in [1.54, 1.807) is 57.6 Å². The van der Waals surface area contributed by atoms with Crippen LogP contribution in [0.1, 0.15) is 89.9 Å². The molecule has 0 unspecified atom stereocenters. The summed E-state index contributed by atoms with van der Waals surface area (Å²) in [6, 6.07) is 0. The van der Waals surface area contributed by atoms with Crippen molar-refractivity contribution in [2.24, 2.45) is 0 Å². The molecule has 110 valence electrons. The standard InChI is InChI=1S/2C8H15.CH4S.Al/c2*1-2-4-6-8-7-5-3-1;1-2;/h2*1H,2-8H2;2H,1H3;/q;;;+1/p-1. The molecule has 2 aliphatic rings. The maximum Gasteiger partial charge on any atom is -0.189 e. The molecule has 0 bridgehead atoms. The fourth-order valence-corrected chi connectivity index (χ4v) is 6.23. The first-order valence-corrected chi connectivity index (χ1v) is 10.9. The molecule has 0 N–H and O–H groups in total. The Labute approximate surface area is 133 Å². The van der Waals surface area contributed by atoms with Gasteiger partial charge in [0.05, 0.1) is 0 Å². The zero-order valence-corrected chi connectivity index (χ0v) is 15.0. The molecule has 19 heavy (non-hydrogen) atoms. The second-order valence-electron chi connectivity index (χ2n) is 6.40. The van der Waals surface area contributed by atoms with Crippen molar-refractivity contribution in [2.45, 2.75) is 99.5 Å². The molecule has 0 aromatic rings. The van der Waals surface area contributed by atoms with Crippen LogP contribution in [0.5, 0.6) is 0 Å². The smallest absolute Gasteiger partial charge is 0.189 e. The maximum atomic E-state index is 4.08. The predicted molar refractivity (Wildman–Crippen MR) is 91.2 cm³/mol. The third-order valence-corrected chi connectivity index (χ3v) is 7.27. The predicted octanol–water partition coefficient (Wildman–Crippen LogP) is 5.92. The van der Waals surface area contributed by atoms with Gasteiger partial charge in [-0.25, -0.2) is 0 Å². The summed E-state index contributed by atoms with van der Waals surface area (Å²) < 4.78 is 2.36. The van der Waals surface area contributed by atoms with E-state index in [4.69, 9.17) is 0 Å². The molecule has 0 nitrogen and oxygen atoms in total. The molecular weight excluding hydrogens is 263 g/mol. The molecule has 0 aliphatic heterocycles. The Kier molecular flexibility index (Phi) is 11.9. The molecule has 0 saturated heterocycles. The molecule has 0 amide bonds. The van der Waals surface area contributed by atoms with Gasteiger partial charge in [-0.3, -0.25) is 0 Å². The van der Waals surface area contributed by atoms with Gasteiger partial charge in [-0.1, -0.05) is 0 Å². The summed E-state index contributed by atoms with van der Waals surface area (Å²) in [4.78, 5) is 0. The first kappa shape index (κ1) is 17.9. The SMILES string of the molecule is C1CCC[CH]([Al+][CH]2CCCCCCC2)CCC1.C[S-]. The molecule has 2 fully saturated rings. The van der Waals surface area contributed by atoms with Gasteiger partial charge < -0.3 is 12.6 Å². The average molecular weight is 296 g/mol. The van der Waals surface area contributed by atoms with Crippen LogP contribution in [0, 0.1) is 0 Å². The van der Waals surface area contributed by atoms with Gasteiger partial charge in [0.25, 0.3) is 0 Å². The van der Waals surface area contributed by atoms with E-state index >= 15 is 0 Å². The van der Waals surface area contributed by atoms with E-state index < -0.39 is 0 Å². The summed E-state index contributed by atoms with van der Waals surface area (Å²) in [5.74, 6) is 0. The minimum Gasteiger partial charge on any atom is -0.796 e. The van der Waals surface area contributed by atoms with Crippen molar-refractivity contribution in [3.63, 3.8) is 0 Å². The van der Waals surface area contributed by atoms with E-state index in [0.717, 1.165) is 15.2 Å². The van der Waals surface area contributed by atoms with Gasteiger partial charge in [0.2, 0.25) is 0 Å². The van der Waals surface area contributed by atoms with Gasteiger partial charge in [0.1, 0.15) is 0 Å². The molecule has 0 radical (unpaired) electrons. The Morgan fingerprint density at radius 3 is 1.11 bits per heavy atom. The Morgan fingerprint density at radius 1 is 0.526 bits per heavy atom. The van der Waals surface area contributed by atoms with Crippen molar-refractivity contribution in [1.29, 1.82) is 0 Å². The van der Waals surface area contributed by atoms with Gasteiger partial charge >= 0.3 is 115 Å². The largest absolute Gasteiger partial charge is 0.796 e. The third kappa shape index (κ3) is 8.69. The van der Waals surface area contributed by atoms with E-state index in [0.29, 0.717) is 0 Å². The summed E-state index contributed by atoms with van der Waals surface area (Å²) in [7, 11) is 0. The number of rotatable bonds is 2. The van der Waals surface area contributed by atoms with E-state index in [1.165, 1.54) is 48.1 Å². The van der Waals surface area contributed by atoms with Crippen molar-refractivity contribution < 1.29 is 0 Å². The molecule has 2 rings (SSSR count). The van der Waals surface area contributed by atoms with Gasteiger partial charge in [0.15, 0.2) is 0 Å². The monoisotopic (exact) mass is 296 g/mol. The van der Waals surface area contributed by atoms with Crippen molar-refractivity contribution in [3.8, 4) is 0 Å². The zero-order chi connectivity index (χ0) is 13.8. The molecular formula is C17H33AlS. The molecule has 0 spiro atoms. The van der Waals surface area contributed by atoms with Crippen molar-refractivity contribution >= 4 is 27.8 Å². The minimum atomic E-state index is 0.780. The van der Waals surface area contributed by atoms with Crippen LogP contribution < -0.4 is 0 Å². The van der Waals surface area contributed by atoms with Crippen LogP contribution >= 0.6 is 0 Å². The molecule has 2 saturated carbocycles. The van der Waals surface area contributed by atoms with E-state index in [-0.39, 0.29) is 0 Å². The summed E-state index contributed by atoms with van der Waals surface area (Å²) in [6.07, 6.45) is 23.3. The summed E-state index contributed by atoms with van der Waals surface area (Å²) in [6.45, 7) is 0. The zero-order valence-electron chi connectivity index (χ0n) is 13.0. The van der Waals surface area contributed by atoms with Crippen LogP contribution in [0.2, 0.25) is 9.56 Å². The number of hydrogen-bond donors (Lipinski definition) is 0. The quantitative estimate of drug-likeness (QED) is 0.450. The fourth-order valence-electron chi connectivity index (χ4n) is 3.75. The van der Waals surface area contributed by atoms with Crippen molar-refractivity contribution in [3.05, 3.63) is 0 Å². The van der Waals surface area contributed by atoms with Crippen LogP contribution in [0.15, 0.2) is 0 Å². The average Bonchev–Trinajstić information content (AvgIpc) is 2.37. The Morgan fingerprint density at radius 2 is 0.789 bits per heavy atom. The Bertz CT molecular complexity index is 160. The van der Waals surface area contributed by atoms with Gasteiger partial charge in [0, 0.05) is 0 Å². The van der Waals surface area contributed by atoms with Gasteiger partial charge in [-0.2, -0.15) is 6.26 Å². The molecule has 2 aliphatic carbocycles. The second kappa shape index (κ2) is 12.6. The topological polar surface area (TPSA) is 0 Å². The normalized spacial score (nSPS) is 23.9. The van der Waals surface area contributed by atoms with Crippen molar-refractivity contribution in [1.82, 2.24) is 0 Å². The third-order valence-electron chi connectivity index (χ3n) is 4.84. The first-order chi connectivity index (χ1) is 9.45. The van der Waals surface area contributed by atoms with Gasteiger partial charge in [-0.15, -0.1) is 0 Å². The molecule has 2 heteroatoms. The van der Waals surface area contributed by atoms with E-state index in [1.807, 2.05) is 0 Å². The van der Waals surface area contributed by atoms with Gasteiger partial charge in [-0.05, 0) is 0 Å². The van der Waals surface area contributed by atoms with Crippen LogP contribution in [0.4, 0.5) is 0 Å². The molecule has 0 aromatic heterocycles. The molecule has 0 heterocycles. The molecule has 0 atom stereocenters. The Hall–Kier alpha value is 0.882. The van der Waals surface area contributed by atoms with Crippen molar-refractivity contribution in [2.75, 3.05) is 6.26 Å². The Balaban J connectivity index is 0.000000861. The minimum absolute atomic E-state index is 0.780. The maximum absolute atomic E-state index is 4.08. The van der Waals surface area contributed by atoms with Crippen LogP contribution in [0.3, 0.4) is 0 Å². The summed E-state index contributed by atoms with van der Waals surface area (Å²) >= 11 is 4.86. The van der Waals surface area contributed by atoms with Crippen LogP contribution in [-0.2, 0) is 12.6 Å². The summed E-state index contributed by atoms with van der Waals surface area (Å²) in [5, 5.41) is 0. The van der Waals surface area contributed by atoms with Crippen LogP contribution in [0.25, 0.3) is 0 Å². The second-order valence-corrected chi connectivity index (χ2v) is 8.67. The van der Waals surface area contributed by atoms with E-state index in [2.05, 4.69) is 12.6 Å². The fraction of sp³-hybridized carbons (Fsp3) is 1.00. The molecule has 0 aromatic carbocycles.